The van der Waals surface area contributed by atoms with Gasteiger partial charge in [0.25, 0.3) is 5.91 Å². The first-order valence-corrected chi connectivity index (χ1v) is 8.02. The molecule has 0 spiro atoms. The van der Waals surface area contributed by atoms with Gasteiger partial charge in [-0.05, 0) is 48.6 Å². The maximum atomic E-state index is 12.0. The zero-order chi connectivity index (χ0) is 13.0. The van der Waals surface area contributed by atoms with Gasteiger partial charge in [-0.15, -0.1) is 22.9 Å². The van der Waals surface area contributed by atoms with Crippen LogP contribution in [0.1, 0.15) is 40.9 Å². The lowest BCUT2D eigenvalue weighted by Crippen LogP contribution is -2.34. The molecule has 1 aromatic heterocycles. The van der Waals surface area contributed by atoms with Gasteiger partial charge in [-0.2, -0.15) is 0 Å². The first kappa shape index (κ1) is 13.9. The lowest BCUT2D eigenvalue weighted by Gasteiger charge is -2.30. The van der Waals surface area contributed by atoms with E-state index < -0.39 is 0 Å². The molecule has 2 unspecified atom stereocenters. The number of nitrogens with one attached hydrogen (secondary N) is 1. The topological polar surface area (TPSA) is 29.1 Å². The van der Waals surface area contributed by atoms with Crippen molar-refractivity contribution in [2.75, 3.05) is 12.4 Å². The number of aryl methyl sites for hydroxylation is 1. The third-order valence-electron chi connectivity index (χ3n) is 3.86. The van der Waals surface area contributed by atoms with Crippen LogP contribution in [0.3, 0.4) is 0 Å². The summed E-state index contributed by atoms with van der Waals surface area (Å²) in [6.07, 6.45) is 4.96. The van der Waals surface area contributed by atoms with Gasteiger partial charge in [0.1, 0.15) is 0 Å². The van der Waals surface area contributed by atoms with Crippen molar-refractivity contribution in [3.63, 3.8) is 0 Å². The van der Waals surface area contributed by atoms with Crippen molar-refractivity contribution in [1.29, 1.82) is 0 Å². The molecular formula is C14H20ClNOS. The van der Waals surface area contributed by atoms with Crippen LogP contribution in [0.5, 0.6) is 0 Å². The highest BCUT2D eigenvalue weighted by Crippen LogP contribution is 2.30. The molecule has 100 valence electrons. The van der Waals surface area contributed by atoms with Crippen molar-refractivity contribution in [2.24, 2.45) is 11.8 Å². The number of carbonyl (C=O) groups is 1. The van der Waals surface area contributed by atoms with E-state index in [9.17, 15) is 4.79 Å². The fourth-order valence-corrected chi connectivity index (χ4v) is 3.91. The van der Waals surface area contributed by atoms with E-state index in [0.29, 0.717) is 11.8 Å². The van der Waals surface area contributed by atoms with Gasteiger partial charge in [0, 0.05) is 12.4 Å². The van der Waals surface area contributed by atoms with Crippen LogP contribution in [0.2, 0.25) is 0 Å². The molecule has 1 amide bonds. The van der Waals surface area contributed by atoms with Crippen molar-refractivity contribution >= 4 is 28.8 Å². The molecule has 1 aromatic rings. The molecule has 18 heavy (non-hydrogen) atoms. The molecule has 1 saturated carbocycles. The molecule has 1 aliphatic carbocycles. The lowest BCUT2D eigenvalue weighted by molar-refractivity contribution is 0.0940. The molecule has 1 aliphatic rings. The summed E-state index contributed by atoms with van der Waals surface area (Å²) in [7, 11) is 0. The van der Waals surface area contributed by atoms with Crippen molar-refractivity contribution in [2.45, 2.75) is 32.6 Å². The van der Waals surface area contributed by atoms with Gasteiger partial charge in [-0.25, -0.2) is 0 Å². The number of rotatable bonds is 4. The molecule has 2 nitrogen and oxygen atoms in total. The van der Waals surface area contributed by atoms with Gasteiger partial charge >= 0.3 is 0 Å². The second-order valence-corrected chi connectivity index (χ2v) is 6.33. The number of amides is 1. The largest absolute Gasteiger partial charge is 0.351 e. The Balaban J connectivity index is 1.87. The van der Waals surface area contributed by atoms with Gasteiger partial charge < -0.3 is 5.32 Å². The molecule has 1 heterocycles. The average molecular weight is 286 g/mol. The summed E-state index contributed by atoms with van der Waals surface area (Å²) in [6, 6.07) is 1.99. The average Bonchev–Trinajstić information content (AvgIpc) is 2.82. The van der Waals surface area contributed by atoms with E-state index in [-0.39, 0.29) is 5.91 Å². The summed E-state index contributed by atoms with van der Waals surface area (Å²) in [6.45, 7) is 2.75. The van der Waals surface area contributed by atoms with Crippen molar-refractivity contribution < 1.29 is 4.79 Å². The minimum absolute atomic E-state index is 0.0707. The molecule has 2 atom stereocenters. The summed E-state index contributed by atoms with van der Waals surface area (Å²) in [5, 5.41) is 5.04. The SMILES string of the molecule is Cc1ccsc1C(=O)NCC1CCCCC1CCl. The Morgan fingerprint density at radius 1 is 1.44 bits per heavy atom. The van der Waals surface area contributed by atoms with Crippen LogP contribution >= 0.6 is 22.9 Å². The molecule has 0 saturated heterocycles. The predicted molar refractivity (Wildman–Crippen MR) is 77.6 cm³/mol. The van der Waals surface area contributed by atoms with Gasteiger partial charge in [0.2, 0.25) is 0 Å². The summed E-state index contributed by atoms with van der Waals surface area (Å²) in [4.78, 5) is 12.9. The van der Waals surface area contributed by atoms with Crippen molar-refractivity contribution in [3.05, 3.63) is 21.9 Å². The molecule has 0 aliphatic heterocycles. The van der Waals surface area contributed by atoms with Crippen LogP contribution in [0.4, 0.5) is 0 Å². The quantitative estimate of drug-likeness (QED) is 0.837. The Hall–Kier alpha value is -0.540. The standard InChI is InChI=1S/C14H20ClNOS/c1-10-6-7-18-13(10)14(17)16-9-12-5-3-2-4-11(12)8-15/h6-7,11-12H,2-5,8-9H2,1H3,(H,16,17). The van der Waals surface area contributed by atoms with E-state index in [1.807, 2.05) is 18.4 Å². The Bertz CT molecular complexity index is 404. The van der Waals surface area contributed by atoms with E-state index in [2.05, 4.69) is 5.32 Å². The molecule has 0 bridgehead atoms. The van der Waals surface area contributed by atoms with Crippen molar-refractivity contribution in [3.8, 4) is 0 Å². The van der Waals surface area contributed by atoms with Crippen LogP contribution < -0.4 is 5.32 Å². The highest BCUT2D eigenvalue weighted by Gasteiger charge is 2.25. The maximum absolute atomic E-state index is 12.0. The summed E-state index contributed by atoms with van der Waals surface area (Å²) in [5.74, 6) is 1.92. The minimum atomic E-state index is 0.0707. The van der Waals surface area contributed by atoms with E-state index in [4.69, 9.17) is 11.6 Å². The van der Waals surface area contributed by atoms with Crippen LogP contribution in [-0.4, -0.2) is 18.3 Å². The summed E-state index contributed by atoms with van der Waals surface area (Å²) < 4.78 is 0. The normalized spacial score (nSPS) is 23.9. The van der Waals surface area contributed by atoms with Gasteiger partial charge in [-0.3, -0.25) is 4.79 Å². The predicted octanol–water partition coefficient (Wildman–Crippen LogP) is 3.83. The Morgan fingerprint density at radius 2 is 2.17 bits per heavy atom. The zero-order valence-electron chi connectivity index (χ0n) is 10.7. The van der Waals surface area contributed by atoms with E-state index >= 15 is 0 Å². The third-order valence-corrected chi connectivity index (χ3v) is 5.27. The fraction of sp³-hybridized carbons (Fsp3) is 0.643. The Morgan fingerprint density at radius 3 is 2.78 bits per heavy atom. The molecule has 2 rings (SSSR count). The second-order valence-electron chi connectivity index (χ2n) is 5.10. The Labute approximate surface area is 118 Å². The highest BCUT2D eigenvalue weighted by atomic mass is 35.5. The maximum Gasteiger partial charge on any atom is 0.261 e. The van der Waals surface area contributed by atoms with Gasteiger partial charge in [0.05, 0.1) is 4.88 Å². The highest BCUT2D eigenvalue weighted by molar-refractivity contribution is 7.12. The summed E-state index contributed by atoms with van der Waals surface area (Å²) in [5.41, 5.74) is 1.06. The van der Waals surface area contributed by atoms with E-state index in [0.717, 1.165) is 22.9 Å². The molecule has 0 aromatic carbocycles. The first-order valence-electron chi connectivity index (χ1n) is 6.60. The fourth-order valence-electron chi connectivity index (χ4n) is 2.67. The zero-order valence-corrected chi connectivity index (χ0v) is 12.3. The summed E-state index contributed by atoms with van der Waals surface area (Å²) >= 11 is 7.52. The number of alkyl halides is 1. The minimum Gasteiger partial charge on any atom is -0.351 e. The Kier molecular flexibility index (Phi) is 5.07. The number of halogens is 1. The third kappa shape index (κ3) is 3.27. The van der Waals surface area contributed by atoms with Crippen molar-refractivity contribution in [1.82, 2.24) is 5.32 Å². The van der Waals surface area contributed by atoms with Crippen LogP contribution in [0, 0.1) is 18.8 Å². The number of hydrogen-bond acceptors (Lipinski definition) is 2. The second kappa shape index (κ2) is 6.58. The first-order chi connectivity index (χ1) is 8.72. The number of thiophene rings is 1. The molecule has 1 fully saturated rings. The van der Waals surface area contributed by atoms with E-state index in [1.165, 1.54) is 37.0 Å². The van der Waals surface area contributed by atoms with Gasteiger partial charge in [0.15, 0.2) is 0 Å². The smallest absolute Gasteiger partial charge is 0.261 e. The van der Waals surface area contributed by atoms with Crippen LogP contribution in [-0.2, 0) is 0 Å². The van der Waals surface area contributed by atoms with Gasteiger partial charge in [-0.1, -0.05) is 12.8 Å². The van der Waals surface area contributed by atoms with Crippen LogP contribution in [0.15, 0.2) is 11.4 Å². The monoisotopic (exact) mass is 285 g/mol. The molecular weight excluding hydrogens is 266 g/mol. The number of carbonyl (C=O) groups excluding carboxylic acids is 1. The number of hydrogen-bond donors (Lipinski definition) is 1. The van der Waals surface area contributed by atoms with Crippen LogP contribution in [0.25, 0.3) is 0 Å². The molecule has 0 radical (unpaired) electrons. The molecule has 1 N–H and O–H groups in total. The lowest BCUT2D eigenvalue weighted by atomic mass is 9.80. The van der Waals surface area contributed by atoms with E-state index in [1.54, 1.807) is 0 Å². The molecule has 4 heteroatoms.